The van der Waals surface area contributed by atoms with Crippen LogP contribution in [0.3, 0.4) is 0 Å². The molecule has 0 aliphatic heterocycles. The SMILES string of the molecule is Cc1ccc(C(F)(F)C(F)(F)Cl)cc1. The van der Waals surface area contributed by atoms with Gasteiger partial charge in [0, 0.05) is 5.56 Å². The fourth-order valence-corrected chi connectivity index (χ4v) is 1.04. The minimum atomic E-state index is -4.57. The quantitative estimate of drug-likeness (QED) is 0.530. The Morgan fingerprint density at radius 3 is 1.79 bits per heavy atom. The Morgan fingerprint density at radius 2 is 1.43 bits per heavy atom. The van der Waals surface area contributed by atoms with E-state index in [9.17, 15) is 17.6 Å². The molecule has 5 heteroatoms. The first-order valence-corrected chi connectivity index (χ1v) is 4.14. The van der Waals surface area contributed by atoms with E-state index in [1.165, 1.54) is 12.1 Å². The van der Waals surface area contributed by atoms with Crippen molar-refractivity contribution in [3.63, 3.8) is 0 Å². The van der Waals surface area contributed by atoms with Gasteiger partial charge in [0.05, 0.1) is 0 Å². The maximum Gasteiger partial charge on any atom is 0.388 e. The van der Waals surface area contributed by atoms with Crippen molar-refractivity contribution in [3.8, 4) is 0 Å². The standard InChI is InChI=1S/C9H7ClF4/c1-6-2-4-7(5-3-6)8(11,12)9(10,13)14/h2-5H,1H3. The van der Waals surface area contributed by atoms with Crippen molar-refractivity contribution < 1.29 is 17.6 Å². The van der Waals surface area contributed by atoms with Crippen LogP contribution in [-0.4, -0.2) is 5.38 Å². The van der Waals surface area contributed by atoms with E-state index in [2.05, 4.69) is 11.6 Å². The highest BCUT2D eigenvalue weighted by atomic mass is 35.5. The Labute approximate surface area is 83.5 Å². The molecule has 78 valence electrons. The predicted molar refractivity (Wildman–Crippen MR) is 45.9 cm³/mol. The summed E-state index contributed by atoms with van der Waals surface area (Å²) in [5.74, 6) is -4.34. The molecule has 0 amide bonds. The molecule has 0 N–H and O–H groups in total. The zero-order valence-electron chi connectivity index (χ0n) is 7.20. The summed E-state index contributed by atoms with van der Waals surface area (Å²) in [6, 6.07) is 4.52. The van der Waals surface area contributed by atoms with Crippen molar-refractivity contribution in [2.45, 2.75) is 18.2 Å². The lowest BCUT2D eigenvalue weighted by Gasteiger charge is -2.21. The summed E-state index contributed by atoms with van der Waals surface area (Å²) < 4.78 is 50.4. The molecule has 1 aromatic carbocycles. The van der Waals surface area contributed by atoms with Crippen LogP contribution in [0.5, 0.6) is 0 Å². The Kier molecular flexibility index (Phi) is 2.76. The second kappa shape index (κ2) is 3.42. The lowest BCUT2D eigenvalue weighted by Crippen LogP contribution is -2.32. The molecule has 0 atom stereocenters. The number of aryl methyl sites for hydroxylation is 1. The zero-order chi connectivity index (χ0) is 11.0. The van der Waals surface area contributed by atoms with E-state index >= 15 is 0 Å². The van der Waals surface area contributed by atoms with Crippen molar-refractivity contribution in [2.24, 2.45) is 0 Å². The molecule has 1 rings (SSSR count). The van der Waals surface area contributed by atoms with E-state index in [1.54, 1.807) is 6.92 Å². The van der Waals surface area contributed by atoms with Gasteiger partial charge >= 0.3 is 11.3 Å². The fourth-order valence-electron chi connectivity index (χ4n) is 0.927. The first kappa shape index (κ1) is 11.3. The highest BCUT2D eigenvalue weighted by Gasteiger charge is 2.56. The van der Waals surface area contributed by atoms with Gasteiger partial charge in [0.15, 0.2) is 0 Å². The van der Waals surface area contributed by atoms with Crippen molar-refractivity contribution in [1.29, 1.82) is 0 Å². The average Bonchev–Trinajstić information content (AvgIpc) is 2.03. The van der Waals surface area contributed by atoms with Gasteiger partial charge in [-0.2, -0.15) is 17.6 Å². The molecule has 0 saturated carbocycles. The van der Waals surface area contributed by atoms with Gasteiger partial charge < -0.3 is 0 Å². The van der Waals surface area contributed by atoms with Crippen LogP contribution in [0.15, 0.2) is 24.3 Å². The van der Waals surface area contributed by atoms with Crippen LogP contribution in [0.4, 0.5) is 17.6 Å². The highest BCUT2D eigenvalue weighted by Crippen LogP contribution is 2.45. The van der Waals surface area contributed by atoms with E-state index in [1.807, 2.05) is 0 Å². The first-order valence-electron chi connectivity index (χ1n) is 3.77. The van der Waals surface area contributed by atoms with Gasteiger partial charge in [-0.05, 0) is 18.5 Å². The molecule has 0 radical (unpaired) electrons. The minimum absolute atomic E-state index is 0.711. The zero-order valence-corrected chi connectivity index (χ0v) is 7.96. The van der Waals surface area contributed by atoms with Crippen LogP contribution < -0.4 is 0 Å². The molecule has 0 aliphatic carbocycles. The summed E-state index contributed by atoms with van der Waals surface area (Å²) in [7, 11) is 0. The summed E-state index contributed by atoms with van der Waals surface area (Å²) in [6.45, 7) is 1.67. The molecule has 14 heavy (non-hydrogen) atoms. The monoisotopic (exact) mass is 226 g/mol. The Morgan fingerprint density at radius 1 is 1.00 bits per heavy atom. The first-order chi connectivity index (χ1) is 6.25. The third-order valence-electron chi connectivity index (χ3n) is 1.77. The van der Waals surface area contributed by atoms with Crippen LogP contribution in [0.2, 0.25) is 0 Å². The van der Waals surface area contributed by atoms with E-state index in [-0.39, 0.29) is 0 Å². The van der Waals surface area contributed by atoms with E-state index < -0.39 is 16.9 Å². The summed E-state index contributed by atoms with van der Waals surface area (Å²) in [5.41, 5.74) is -0.0782. The summed E-state index contributed by atoms with van der Waals surface area (Å²) >= 11 is 4.32. The third kappa shape index (κ3) is 2.00. The molecular weight excluding hydrogens is 220 g/mol. The average molecular weight is 227 g/mol. The number of halogens is 5. The lowest BCUT2D eigenvalue weighted by atomic mass is 10.1. The maximum atomic E-state index is 12.9. The van der Waals surface area contributed by atoms with Crippen LogP contribution in [0, 0.1) is 6.92 Å². The van der Waals surface area contributed by atoms with Crippen LogP contribution in [0.1, 0.15) is 11.1 Å². The van der Waals surface area contributed by atoms with Crippen LogP contribution in [-0.2, 0) is 5.92 Å². The normalized spacial score (nSPS) is 13.0. The fraction of sp³-hybridized carbons (Fsp3) is 0.333. The molecular formula is C9H7ClF4. The number of benzene rings is 1. The second-order valence-corrected chi connectivity index (χ2v) is 3.41. The second-order valence-electron chi connectivity index (χ2n) is 2.94. The molecule has 0 aliphatic rings. The number of hydrogen-bond donors (Lipinski definition) is 0. The molecule has 0 spiro atoms. The Hall–Kier alpha value is -0.770. The van der Waals surface area contributed by atoms with Gasteiger partial charge in [0.2, 0.25) is 0 Å². The van der Waals surface area contributed by atoms with Crippen molar-refractivity contribution in [3.05, 3.63) is 35.4 Å². The van der Waals surface area contributed by atoms with Gasteiger partial charge in [0.1, 0.15) is 0 Å². The molecule has 0 heterocycles. The van der Waals surface area contributed by atoms with Gasteiger partial charge in [0.25, 0.3) is 0 Å². The smallest absolute Gasteiger partial charge is 0.193 e. The number of alkyl halides is 5. The Bertz CT molecular complexity index is 313. The topological polar surface area (TPSA) is 0 Å². The molecule has 1 aromatic rings. The number of hydrogen-bond acceptors (Lipinski definition) is 0. The summed E-state index contributed by atoms with van der Waals surface area (Å²) in [6.07, 6.45) is 0. The van der Waals surface area contributed by atoms with Gasteiger partial charge in [-0.3, -0.25) is 0 Å². The summed E-state index contributed by atoms with van der Waals surface area (Å²) in [4.78, 5) is 0. The molecule has 0 bridgehead atoms. The van der Waals surface area contributed by atoms with Gasteiger partial charge in [-0.1, -0.05) is 29.8 Å². The van der Waals surface area contributed by atoms with Gasteiger partial charge in [-0.25, -0.2) is 0 Å². The van der Waals surface area contributed by atoms with E-state index in [4.69, 9.17) is 0 Å². The molecule has 0 fully saturated rings. The van der Waals surface area contributed by atoms with E-state index in [0.717, 1.165) is 12.1 Å². The van der Waals surface area contributed by atoms with Gasteiger partial charge in [-0.15, -0.1) is 0 Å². The molecule has 0 aromatic heterocycles. The van der Waals surface area contributed by atoms with E-state index in [0.29, 0.717) is 5.56 Å². The molecule has 0 nitrogen and oxygen atoms in total. The van der Waals surface area contributed by atoms with Crippen molar-refractivity contribution in [2.75, 3.05) is 0 Å². The third-order valence-corrected chi connectivity index (χ3v) is 2.01. The number of rotatable bonds is 2. The maximum absolute atomic E-state index is 12.9. The van der Waals surface area contributed by atoms with Crippen molar-refractivity contribution in [1.82, 2.24) is 0 Å². The minimum Gasteiger partial charge on any atom is -0.193 e. The largest absolute Gasteiger partial charge is 0.388 e. The lowest BCUT2D eigenvalue weighted by molar-refractivity contribution is -0.164. The molecule has 0 saturated heterocycles. The predicted octanol–water partition coefficient (Wildman–Crippen LogP) is 3.92. The van der Waals surface area contributed by atoms with Crippen LogP contribution >= 0.6 is 11.6 Å². The summed E-state index contributed by atoms with van der Waals surface area (Å²) in [5, 5.41) is -4.57. The molecule has 0 unspecified atom stereocenters. The van der Waals surface area contributed by atoms with Crippen LogP contribution in [0.25, 0.3) is 0 Å². The Balaban J connectivity index is 3.10. The highest BCUT2D eigenvalue weighted by molar-refractivity contribution is 6.22. The van der Waals surface area contributed by atoms with Crippen molar-refractivity contribution >= 4 is 11.6 Å².